The van der Waals surface area contributed by atoms with Gasteiger partial charge in [-0.2, -0.15) is 0 Å². The van der Waals surface area contributed by atoms with Crippen LogP contribution in [0.4, 0.5) is 0 Å². The Morgan fingerprint density at radius 3 is 2.46 bits per heavy atom. The molecule has 1 aliphatic heterocycles. The molecule has 0 aromatic heterocycles. The lowest BCUT2D eigenvalue weighted by atomic mass is 9.90. The van der Waals surface area contributed by atoms with E-state index in [4.69, 9.17) is 0 Å². The maximum atomic E-state index is 12.1. The first-order valence-electron chi connectivity index (χ1n) is 9.07. The number of aliphatic hydroxyl groups is 1. The van der Waals surface area contributed by atoms with Gasteiger partial charge in [0.1, 0.15) is 0 Å². The number of hydrogen-bond acceptors (Lipinski definition) is 3. The summed E-state index contributed by atoms with van der Waals surface area (Å²) >= 11 is 0. The lowest BCUT2D eigenvalue weighted by molar-refractivity contribution is -0.121. The molecule has 1 aromatic rings. The van der Waals surface area contributed by atoms with Gasteiger partial charge in [-0.25, -0.2) is 0 Å². The minimum atomic E-state index is -0.140. The number of amides is 1. The zero-order chi connectivity index (χ0) is 17.6. The maximum absolute atomic E-state index is 12.1. The van der Waals surface area contributed by atoms with E-state index in [0.717, 1.165) is 38.9 Å². The highest BCUT2D eigenvalue weighted by molar-refractivity contribution is 5.75. The standard InChI is InChI=1S/C20H32N2O2/c1-20(2,3)11-8-19(24)21-14-16-6-4-5-7-17(16)15-22-12-9-18(23)10-13-22/h4-7,18,23H,8-15H2,1-3H3,(H,21,24). The fraction of sp³-hybridized carbons (Fsp3) is 0.650. The van der Waals surface area contributed by atoms with E-state index >= 15 is 0 Å². The molecule has 1 heterocycles. The van der Waals surface area contributed by atoms with Crippen molar-refractivity contribution in [3.63, 3.8) is 0 Å². The molecule has 0 unspecified atom stereocenters. The van der Waals surface area contributed by atoms with Crippen molar-refractivity contribution in [2.45, 2.75) is 65.6 Å². The van der Waals surface area contributed by atoms with E-state index in [-0.39, 0.29) is 17.4 Å². The second kappa shape index (κ2) is 8.63. The second-order valence-corrected chi connectivity index (χ2v) is 8.11. The zero-order valence-electron chi connectivity index (χ0n) is 15.3. The Balaban J connectivity index is 1.86. The van der Waals surface area contributed by atoms with E-state index in [2.05, 4.69) is 49.2 Å². The van der Waals surface area contributed by atoms with Crippen molar-refractivity contribution in [3.05, 3.63) is 35.4 Å². The fourth-order valence-corrected chi connectivity index (χ4v) is 2.97. The topological polar surface area (TPSA) is 52.6 Å². The molecular formula is C20H32N2O2. The van der Waals surface area contributed by atoms with Crippen LogP contribution < -0.4 is 5.32 Å². The van der Waals surface area contributed by atoms with Crippen molar-refractivity contribution in [2.24, 2.45) is 5.41 Å². The third-order valence-corrected chi connectivity index (χ3v) is 4.65. The highest BCUT2D eigenvalue weighted by Crippen LogP contribution is 2.20. The van der Waals surface area contributed by atoms with Crippen LogP contribution in [0.1, 0.15) is 57.6 Å². The Kier molecular flexibility index (Phi) is 6.81. The molecule has 0 radical (unpaired) electrons. The highest BCUT2D eigenvalue weighted by atomic mass is 16.3. The van der Waals surface area contributed by atoms with E-state index in [1.165, 1.54) is 11.1 Å². The van der Waals surface area contributed by atoms with Crippen molar-refractivity contribution in [1.82, 2.24) is 10.2 Å². The first-order chi connectivity index (χ1) is 11.3. The second-order valence-electron chi connectivity index (χ2n) is 8.11. The zero-order valence-corrected chi connectivity index (χ0v) is 15.3. The van der Waals surface area contributed by atoms with Gasteiger partial charge in [0, 0.05) is 32.6 Å². The number of piperidine rings is 1. The van der Waals surface area contributed by atoms with E-state index < -0.39 is 0 Å². The summed E-state index contributed by atoms with van der Waals surface area (Å²) in [4.78, 5) is 14.4. The normalized spacial score (nSPS) is 17.0. The van der Waals surface area contributed by atoms with Crippen LogP contribution in [0.5, 0.6) is 0 Å². The van der Waals surface area contributed by atoms with Crippen LogP contribution in [0.15, 0.2) is 24.3 Å². The summed E-state index contributed by atoms with van der Waals surface area (Å²) in [6.45, 7) is 9.83. The first-order valence-corrected chi connectivity index (χ1v) is 9.07. The van der Waals surface area contributed by atoms with Gasteiger partial charge in [-0.1, -0.05) is 45.0 Å². The van der Waals surface area contributed by atoms with Gasteiger partial charge in [0.05, 0.1) is 6.10 Å². The SMILES string of the molecule is CC(C)(C)CCC(=O)NCc1ccccc1CN1CCC(O)CC1. The summed E-state index contributed by atoms with van der Waals surface area (Å²) in [6.07, 6.45) is 3.04. The van der Waals surface area contributed by atoms with E-state index in [0.29, 0.717) is 13.0 Å². The predicted molar refractivity (Wildman–Crippen MR) is 97.5 cm³/mol. The summed E-state index contributed by atoms with van der Waals surface area (Å²) in [6, 6.07) is 8.32. The molecule has 0 spiro atoms. The molecule has 0 aliphatic carbocycles. The third kappa shape index (κ3) is 6.62. The van der Waals surface area contributed by atoms with Gasteiger partial charge in [-0.05, 0) is 35.8 Å². The molecule has 4 heteroatoms. The maximum Gasteiger partial charge on any atom is 0.220 e. The molecule has 2 N–H and O–H groups in total. The molecule has 24 heavy (non-hydrogen) atoms. The highest BCUT2D eigenvalue weighted by Gasteiger charge is 2.18. The smallest absolute Gasteiger partial charge is 0.220 e. The summed E-state index contributed by atoms with van der Waals surface area (Å²) in [5.41, 5.74) is 2.64. The van der Waals surface area contributed by atoms with Crippen LogP contribution in [-0.4, -0.2) is 35.1 Å². The number of hydrogen-bond donors (Lipinski definition) is 2. The quantitative estimate of drug-likeness (QED) is 0.842. The molecule has 1 amide bonds. The van der Waals surface area contributed by atoms with Crippen molar-refractivity contribution >= 4 is 5.91 Å². The van der Waals surface area contributed by atoms with E-state index in [1.807, 2.05) is 6.07 Å². The van der Waals surface area contributed by atoms with Crippen molar-refractivity contribution in [3.8, 4) is 0 Å². The molecule has 1 fully saturated rings. The third-order valence-electron chi connectivity index (χ3n) is 4.65. The van der Waals surface area contributed by atoms with Crippen LogP contribution in [0.2, 0.25) is 0 Å². The summed E-state index contributed by atoms with van der Waals surface area (Å²) in [7, 11) is 0. The van der Waals surface area contributed by atoms with Gasteiger partial charge < -0.3 is 10.4 Å². The molecule has 1 aliphatic rings. The van der Waals surface area contributed by atoms with Crippen molar-refractivity contribution in [1.29, 1.82) is 0 Å². The number of nitrogens with zero attached hydrogens (tertiary/aromatic N) is 1. The molecule has 0 saturated carbocycles. The molecular weight excluding hydrogens is 300 g/mol. The fourth-order valence-electron chi connectivity index (χ4n) is 2.97. The monoisotopic (exact) mass is 332 g/mol. The minimum absolute atomic E-state index is 0.126. The van der Waals surface area contributed by atoms with Gasteiger partial charge in [0.2, 0.25) is 5.91 Å². The summed E-state index contributed by atoms with van der Waals surface area (Å²) < 4.78 is 0. The summed E-state index contributed by atoms with van der Waals surface area (Å²) in [5, 5.41) is 12.7. The first kappa shape index (κ1) is 18.9. The van der Waals surface area contributed by atoms with Gasteiger partial charge >= 0.3 is 0 Å². The Morgan fingerprint density at radius 2 is 1.83 bits per heavy atom. The van der Waals surface area contributed by atoms with Gasteiger partial charge in [-0.15, -0.1) is 0 Å². The van der Waals surface area contributed by atoms with Crippen molar-refractivity contribution < 1.29 is 9.90 Å². The number of benzene rings is 1. The number of rotatable bonds is 6. The van der Waals surface area contributed by atoms with Crippen LogP contribution in [0.3, 0.4) is 0 Å². The Morgan fingerprint density at radius 1 is 1.21 bits per heavy atom. The van der Waals surface area contributed by atoms with Gasteiger partial charge in [-0.3, -0.25) is 9.69 Å². The lowest BCUT2D eigenvalue weighted by Crippen LogP contribution is -2.35. The van der Waals surface area contributed by atoms with E-state index in [9.17, 15) is 9.90 Å². The van der Waals surface area contributed by atoms with Crippen molar-refractivity contribution in [2.75, 3.05) is 13.1 Å². The minimum Gasteiger partial charge on any atom is -0.393 e. The molecule has 1 saturated heterocycles. The molecule has 0 bridgehead atoms. The largest absolute Gasteiger partial charge is 0.393 e. The number of nitrogens with one attached hydrogen (secondary N) is 1. The number of likely N-dealkylation sites (tertiary alicyclic amines) is 1. The lowest BCUT2D eigenvalue weighted by Gasteiger charge is -2.30. The number of aliphatic hydroxyl groups excluding tert-OH is 1. The van der Waals surface area contributed by atoms with E-state index in [1.54, 1.807) is 0 Å². The number of carbonyl (C=O) groups excluding carboxylic acids is 1. The van der Waals surface area contributed by atoms with Gasteiger partial charge in [0.15, 0.2) is 0 Å². The average molecular weight is 332 g/mol. The molecule has 134 valence electrons. The van der Waals surface area contributed by atoms with Crippen LogP contribution >= 0.6 is 0 Å². The van der Waals surface area contributed by atoms with Gasteiger partial charge in [0.25, 0.3) is 0 Å². The number of carbonyl (C=O) groups is 1. The Hall–Kier alpha value is -1.39. The van der Waals surface area contributed by atoms with Crippen LogP contribution in [-0.2, 0) is 17.9 Å². The average Bonchev–Trinajstić information content (AvgIpc) is 2.53. The Labute approximate surface area is 146 Å². The molecule has 0 atom stereocenters. The predicted octanol–water partition coefficient (Wildman–Crippen LogP) is 3.09. The van der Waals surface area contributed by atoms with Crippen LogP contribution in [0, 0.1) is 5.41 Å². The summed E-state index contributed by atoms with van der Waals surface area (Å²) in [5.74, 6) is 0.126. The molecule has 2 rings (SSSR count). The van der Waals surface area contributed by atoms with Crippen LogP contribution in [0.25, 0.3) is 0 Å². The molecule has 4 nitrogen and oxygen atoms in total. The molecule has 1 aromatic carbocycles. The Bertz CT molecular complexity index is 529.